The molecule has 1 saturated heterocycles. The van der Waals surface area contributed by atoms with Crippen molar-refractivity contribution in [2.24, 2.45) is 0 Å². The molecule has 20 heavy (non-hydrogen) atoms. The van der Waals surface area contributed by atoms with Gasteiger partial charge in [0, 0.05) is 28.0 Å². The van der Waals surface area contributed by atoms with Crippen molar-refractivity contribution in [1.29, 1.82) is 0 Å². The fraction of sp³-hybridized carbons (Fsp3) is 0.647. The molecule has 3 heteroatoms. The van der Waals surface area contributed by atoms with E-state index in [1.165, 1.54) is 36.3 Å². The third kappa shape index (κ3) is 4.71. The quantitative estimate of drug-likeness (QED) is 0.810. The average molecular weight is 310 g/mol. The van der Waals surface area contributed by atoms with Crippen molar-refractivity contribution in [2.45, 2.75) is 49.7 Å². The van der Waals surface area contributed by atoms with Crippen LogP contribution in [0.3, 0.4) is 0 Å². The van der Waals surface area contributed by atoms with Crippen molar-refractivity contribution in [2.75, 3.05) is 18.1 Å². The van der Waals surface area contributed by atoms with Crippen molar-refractivity contribution < 1.29 is 0 Å². The molecule has 0 aliphatic carbocycles. The standard InChI is InChI=1S/C17H27NS2/c1-3-16-17(20-13-12-19-16)15(18-4-2)11-10-14-8-6-5-7-9-14/h5-9,15-18H,3-4,10-13H2,1-2H3. The third-order valence-corrected chi connectivity index (χ3v) is 7.35. The lowest BCUT2D eigenvalue weighted by Gasteiger charge is -2.36. The molecule has 1 aliphatic rings. The summed E-state index contributed by atoms with van der Waals surface area (Å²) in [6.45, 7) is 5.66. The predicted molar refractivity (Wildman–Crippen MR) is 95.0 cm³/mol. The second-order valence-electron chi connectivity index (χ2n) is 5.34. The second-order valence-corrected chi connectivity index (χ2v) is 7.97. The van der Waals surface area contributed by atoms with Gasteiger partial charge in [0.15, 0.2) is 0 Å². The van der Waals surface area contributed by atoms with Gasteiger partial charge in [-0.15, -0.1) is 0 Å². The monoisotopic (exact) mass is 309 g/mol. The Kier molecular flexibility index (Phi) is 7.32. The molecule has 1 nitrogen and oxygen atoms in total. The van der Waals surface area contributed by atoms with E-state index in [2.05, 4.69) is 73.0 Å². The third-order valence-electron chi connectivity index (χ3n) is 3.94. The highest BCUT2D eigenvalue weighted by molar-refractivity contribution is 8.07. The Morgan fingerprint density at radius 1 is 1.15 bits per heavy atom. The van der Waals surface area contributed by atoms with Crippen LogP contribution in [0, 0.1) is 0 Å². The molecule has 3 atom stereocenters. The Hall–Kier alpha value is -0.120. The highest BCUT2D eigenvalue weighted by Gasteiger charge is 2.31. The molecule has 1 fully saturated rings. The minimum atomic E-state index is 0.656. The van der Waals surface area contributed by atoms with E-state index in [9.17, 15) is 0 Å². The van der Waals surface area contributed by atoms with Gasteiger partial charge in [-0.3, -0.25) is 0 Å². The van der Waals surface area contributed by atoms with Crippen molar-refractivity contribution >= 4 is 23.5 Å². The largest absolute Gasteiger partial charge is 0.313 e. The van der Waals surface area contributed by atoms with Crippen molar-refractivity contribution in [3.05, 3.63) is 35.9 Å². The molecule has 1 aromatic carbocycles. The molecule has 0 radical (unpaired) electrons. The minimum absolute atomic E-state index is 0.656. The zero-order valence-corrected chi connectivity index (χ0v) is 14.3. The summed E-state index contributed by atoms with van der Waals surface area (Å²) in [5.41, 5.74) is 1.47. The molecule has 1 heterocycles. The summed E-state index contributed by atoms with van der Waals surface area (Å²) in [7, 11) is 0. The second kappa shape index (κ2) is 9.01. The summed E-state index contributed by atoms with van der Waals surface area (Å²) in [5, 5.41) is 5.36. The Labute approximate surface area is 132 Å². The van der Waals surface area contributed by atoms with E-state index in [1.807, 2.05) is 0 Å². The molecule has 0 bridgehead atoms. The van der Waals surface area contributed by atoms with Crippen LogP contribution in [-0.4, -0.2) is 34.6 Å². The fourth-order valence-electron chi connectivity index (χ4n) is 2.92. The maximum absolute atomic E-state index is 3.75. The topological polar surface area (TPSA) is 12.0 Å². The first-order valence-corrected chi connectivity index (χ1v) is 9.95. The maximum atomic E-state index is 3.75. The molecule has 0 aromatic heterocycles. The van der Waals surface area contributed by atoms with Crippen LogP contribution >= 0.6 is 23.5 Å². The summed E-state index contributed by atoms with van der Waals surface area (Å²) in [4.78, 5) is 0. The van der Waals surface area contributed by atoms with Crippen LogP contribution in [0.2, 0.25) is 0 Å². The zero-order chi connectivity index (χ0) is 14.2. The van der Waals surface area contributed by atoms with Gasteiger partial charge < -0.3 is 5.32 Å². The van der Waals surface area contributed by atoms with E-state index >= 15 is 0 Å². The van der Waals surface area contributed by atoms with Crippen molar-refractivity contribution in [3.8, 4) is 0 Å². The van der Waals surface area contributed by atoms with Gasteiger partial charge in [-0.1, -0.05) is 44.2 Å². The van der Waals surface area contributed by atoms with E-state index in [4.69, 9.17) is 0 Å². The highest BCUT2D eigenvalue weighted by Crippen LogP contribution is 2.36. The van der Waals surface area contributed by atoms with Crippen molar-refractivity contribution in [3.63, 3.8) is 0 Å². The summed E-state index contributed by atoms with van der Waals surface area (Å²) in [6, 6.07) is 11.6. The van der Waals surface area contributed by atoms with Gasteiger partial charge in [0.2, 0.25) is 0 Å². The Bertz CT molecular complexity index is 369. The first-order chi connectivity index (χ1) is 9.85. The van der Waals surface area contributed by atoms with E-state index in [0.29, 0.717) is 6.04 Å². The SMILES string of the molecule is CCNC(CCc1ccccc1)C1SCCSC1CC. The van der Waals surface area contributed by atoms with Crippen molar-refractivity contribution in [1.82, 2.24) is 5.32 Å². The summed E-state index contributed by atoms with van der Waals surface area (Å²) >= 11 is 4.38. The number of hydrogen-bond donors (Lipinski definition) is 1. The Morgan fingerprint density at radius 3 is 2.60 bits per heavy atom. The molecule has 3 unspecified atom stereocenters. The van der Waals surface area contributed by atoms with Gasteiger partial charge in [0.1, 0.15) is 0 Å². The lowest BCUT2D eigenvalue weighted by molar-refractivity contribution is 0.464. The lowest BCUT2D eigenvalue weighted by Crippen LogP contribution is -2.45. The normalized spacial score (nSPS) is 24.5. The molecule has 1 aromatic rings. The first kappa shape index (κ1) is 16.3. The molecule has 0 saturated carbocycles. The molecule has 0 spiro atoms. The first-order valence-electron chi connectivity index (χ1n) is 7.85. The summed E-state index contributed by atoms with van der Waals surface area (Å²) < 4.78 is 0. The van der Waals surface area contributed by atoms with Crippen LogP contribution in [0.1, 0.15) is 32.3 Å². The molecule has 0 amide bonds. The lowest BCUT2D eigenvalue weighted by atomic mass is 10.00. The van der Waals surface area contributed by atoms with Gasteiger partial charge in [-0.05, 0) is 31.4 Å². The number of aryl methyl sites for hydroxylation is 1. The fourth-order valence-corrected chi connectivity index (χ4v) is 6.23. The van der Waals surface area contributed by atoms with Crippen LogP contribution in [-0.2, 0) is 6.42 Å². The van der Waals surface area contributed by atoms with Crippen LogP contribution < -0.4 is 5.32 Å². The van der Waals surface area contributed by atoms with E-state index in [0.717, 1.165) is 17.0 Å². The van der Waals surface area contributed by atoms with Gasteiger partial charge >= 0.3 is 0 Å². The van der Waals surface area contributed by atoms with E-state index < -0.39 is 0 Å². The molecule has 112 valence electrons. The predicted octanol–water partition coefficient (Wildman–Crippen LogP) is 4.22. The smallest absolute Gasteiger partial charge is 0.0320 e. The van der Waals surface area contributed by atoms with Gasteiger partial charge in [-0.25, -0.2) is 0 Å². The van der Waals surface area contributed by atoms with Crippen LogP contribution in [0.4, 0.5) is 0 Å². The zero-order valence-electron chi connectivity index (χ0n) is 12.7. The highest BCUT2D eigenvalue weighted by atomic mass is 32.2. The summed E-state index contributed by atoms with van der Waals surface area (Å²) in [6.07, 6.45) is 3.75. The number of nitrogens with one attached hydrogen (secondary N) is 1. The van der Waals surface area contributed by atoms with Crippen LogP contribution in [0.25, 0.3) is 0 Å². The van der Waals surface area contributed by atoms with E-state index in [1.54, 1.807) is 0 Å². The van der Waals surface area contributed by atoms with E-state index in [-0.39, 0.29) is 0 Å². The van der Waals surface area contributed by atoms with Gasteiger partial charge in [0.25, 0.3) is 0 Å². The number of thioether (sulfide) groups is 2. The minimum Gasteiger partial charge on any atom is -0.313 e. The van der Waals surface area contributed by atoms with Gasteiger partial charge in [0.05, 0.1) is 0 Å². The number of benzene rings is 1. The Balaban J connectivity index is 1.94. The molecule has 1 N–H and O–H groups in total. The summed E-state index contributed by atoms with van der Waals surface area (Å²) in [5.74, 6) is 2.65. The molecular formula is C17H27NS2. The molecular weight excluding hydrogens is 282 g/mol. The molecule has 2 rings (SSSR count). The average Bonchev–Trinajstić information content (AvgIpc) is 2.52. The van der Waals surface area contributed by atoms with Gasteiger partial charge in [-0.2, -0.15) is 23.5 Å². The maximum Gasteiger partial charge on any atom is 0.0320 e. The Morgan fingerprint density at radius 2 is 1.90 bits per heavy atom. The van der Waals surface area contributed by atoms with Crippen LogP contribution in [0.5, 0.6) is 0 Å². The number of rotatable bonds is 7. The molecule has 1 aliphatic heterocycles. The van der Waals surface area contributed by atoms with Crippen LogP contribution in [0.15, 0.2) is 30.3 Å². The number of hydrogen-bond acceptors (Lipinski definition) is 3.